The SMILES string of the molecule is Oc1cccc(OCCOCCOCCOCCOCCOCCOc2cccc(O)c2)c1. The molecular weight excluding hydrogens is 432 g/mol. The summed E-state index contributed by atoms with van der Waals surface area (Å²) >= 11 is 0. The topological polar surface area (TPSA) is 105 Å². The van der Waals surface area contributed by atoms with Crippen LogP contribution in [0.15, 0.2) is 48.5 Å². The molecule has 2 N–H and O–H groups in total. The fourth-order valence-corrected chi connectivity index (χ4v) is 2.57. The molecule has 0 saturated carbocycles. The Kier molecular flexibility index (Phi) is 14.5. The monoisotopic (exact) mass is 466 g/mol. The van der Waals surface area contributed by atoms with Gasteiger partial charge in [0.15, 0.2) is 0 Å². The number of ether oxygens (including phenoxy) is 7. The van der Waals surface area contributed by atoms with Gasteiger partial charge in [-0.15, -0.1) is 0 Å². The Labute approximate surface area is 194 Å². The van der Waals surface area contributed by atoms with Crippen molar-refractivity contribution in [1.29, 1.82) is 0 Å². The molecule has 0 amide bonds. The lowest BCUT2D eigenvalue weighted by Gasteiger charge is -2.09. The van der Waals surface area contributed by atoms with E-state index in [1.165, 1.54) is 0 Å². The van der Waals surface area contributed by atoms with Gasteiger partial charge in [-0.1, -0.05) is 12.1 Å². The molecule has 9 heteroatoms. The summed E-state index contributed by atoms with van der Waals surface area (Å²) in [6.45, 7) is 5.60. The second-order valence-electron chi connectivity index (χ2n) is 6.75. The van der Waals surface area contributed by atoms with Crippen LogP contribution >= 0.6 is 0 Å². The molecule has 0 radical (unpaired) electrons. The molecular formula is C24H34O9. The first-order valence-electron chi connectivity index (χ1n) is 11.0. The van der Waals surface area contributed by atoms with Crippen molar-refractivity contribution < 1.29 is 43.4 Å². The maximum absolute atomic E-state index is 9.34. The Balaban J connectivity index is 1.24. The zero-order valence-corrected chi connectivity index (χ0v) is 18.9. The van der Waals surface area contributed by atoms with E-state index in [-0.39, 0.29) is 11.5 Å². The van der Waals surface area contributed by atoms with Crippen LogP contribution in [-0.2, 0) is 23.7 Å². The molecule has 2 aromatic rings. The minimum atomic E-state index is 0.175. The molecule has 33 heavy (non-hydrogen) atoms. The first-order valence-corrected chi connectivity index (χ1v) is 11.0. The highest BCUT2D eigenvalue weighted by atomic mass is 16.6. The lowest BCUT2D eigenvalue weighted by Crippen LogP contribution is -2.15. The highest BCUT2D eigenvalue weighted by molar-refractivity contribution is 5.32. The molecule has 0 aliphatic carbocycles. The van der Waals surface area contributed by atoms with Crippen molar-refractivity contribution >= 4 is 0 Å². The van der Waals surface area contributed by atoms with E-state index in [1.807, 2.05) is 0 Å². The van der Waals surface area contributed by atoms with Gasteiger partial charge in [0.25, 0.3) is 0 Å². The number of benzene rings is 2. The predicted octanol–water partition coefficient (Wildman–Crippen LogP) is 2.64. The Morgan fingerprint density at radius 3 is 1.03 bits per heavy atom. The Hall–Kier alpha value is -2.56. The van der Waals surface area contributed by atoms with Crippen LogP contribution in [-0.4, -0.2) is 89.5 Å². The number of aromatic hydroxyl groups is 2. The second-order valence-corrected chi connectivity index (χ2v) is 6.75. The van der Waals surface area contributed by atoms with Crippen LogP contribution in [0.1, 0.15) is 0 Å². The van der Waals surface area contributed by atoms with E-state index in [4.69, 9.17) is 33.2 Å². The molecule has 0 atom stereocenters. The molecule has 0 aliphatic rings. The maximum atomic E-state index is 9.34. The lowest BCUT2D eigenvalue weighted by atomic mass is 10.3. The Bertz CT molecular complexity index is 680. The summed E-state index contributed by atoms with van der Waals surface area (Å²) in [4.78, 5) is 0. The Morgan fingerprint density at radius 1 is 0.424 bits per heavy atom. The van der Waals surface area contributed by atoms with Gasteiger partial charge in [-0.3, -0.25) is 0 Å². The molecule has 184 valence electrons. The normalized spacial score (nSPS) is 10.9. The summed E-state index contributed by atoms with van der Waals surface area (Å²) in [6.07, 6.45) is 0. The van der Waals surface area contributed by atoms with Crippen molar-refractivity contribution in [2.45, 2.75) is 0 Å². The molecule has 0 unspecified atom stereocenters. The number of rotatable bonds is 20. The summed E-state index contributed by atoms with van der Waals surface area (Å²) in [6, 6.07) is 13.3. The van der Waals surface area contributed by atoms with Gasteiger partial charge in [0, 0.05) is 12.1 Å². The van der Waals surface area contributed by atoms with E-state index in [0.717, 1.165) is 0 Å². The van der Waals surface area contributed by atoms with E-state index in [1.54, 1.807) is 48.5 Å². The van der Waals surface area contributed by atoms with Crippen molar-refractivity contribution in [2.24, 2.45) is 0 Å². The van der Waals surface area contributed by atoms with Crippen LogP contribution in [0.25, 0.3) is 0 Å². The van der Waals surface area contributed by atoms with Crippen molar-refractivity contribution in [3.8, 4) is 23.0 Å². The lowest BCUT2D eigenvalue weighted by molar-refractivity contribution is -0.0141. The second kappa shape index (κ2) is 17.9. The fraction of sp³-hybridized carbons (Fsp3) is 0.500. The third-order valence-electron chi connectivity index (χ3n) is 4.12. The van der Waals surface area contributed by atoms with Gasteiger partial charge in [-0.05, 0) is 24.3 Å². The van der Waals surface area contributed by atoms with Gasteiger partial charge in [0.2, 0.25) is 0 Å². The molecule has 0 fully saturated rings. The largest absolute Gasteiger partial charge is 0.508 e. The van der Waals surface area contributed by atoms with Crippen molar-refractivity contribution in [2.75, 3.05) is 79.3 Å². The minimum absolute atomic E-state index is 0.175. The van der Waals surface area contributed by atoms with Gasteiger partial charge in [-0.25, -0.2) is 0 Å². The zero-order valence-electron chi connectivity index (χ0n) is 18.9. The number of hydrogen-bond acceptors (Lipinski definition) is 9. The molecule has 2 rings (SSSR count). The van der Waals surface area contributed by atoms with E-state index in [9.17, 15) is 10.2 Å². The first-order chi connectivity index (χ1) is 16.2. The molecule has 0 saturated heterocycles. The first kappa shape index (κ1) is 26.7. The number of hydrogen-bond donors (Lipinski definition) is 2. The van der Waals surface area contributed by atoms with Gasteiger partial charge >= 0.3 is 0 Å². The Morgan fingerprint density at radius 2 is 0.727 bits per heavy atom. The maximum Gasteiger partial charge on any atom is 0.123 e. The van der Waals surface area contributed by atoms with E-state index < -0.39 is 0 Å². The van der Waals surface area contributed by atoms with Crippen molar-refractivity contribution in [3.63, 3.8) is 0 Å². The van der Waals surface area contributed by atoms with Crippen molar-refractivity contribution in [1.82, 2.24) is 0 Å². The fourth-order valence-electron chi connectivity index (χ4n) is 2.57. The average molecular weight is 467 g/mol. The minimum Gasteiger partial charge on any atom is -0.508 e. The van der Waals surface area contributed by atoms with Gasteiger partial charge in [0.1, 0.15) is 36.2 Å². The number of phenolic OH excluding ortho intramolecular Hbond substituents is 2. The molecule has 9 nitrogen and oxygen atoms in total. The third kappa shape index (κ3) is 14.3. The van der Waals surface area contributed by atoms with Crippen LogP contribution < -0.4 is 9.47 Å². The zero-order chi connectivity index (χ0) is 23.4. The van der Waals surface area contributed by atoms with E-state index in [0.29, 0.717) is 90.8 Å². The van der Waals surface area contributed by atoms with Crippen LogP contribution in [0, 0.1) is 0 Å². The van der Waals surface area contributed by atoms with Crippen LogP contribution in [0.5, 0.6) is 23.0 Å². The van der Waals surface area contributed by atoms with Crippen molar-refractivity contribution in [3.05, 3.63) is 48.5 Å². The van der Waals surface area contributed by atoms with Gasteiger partial charge in [-0.2, -0.15) is 0 Å². The molecule has 2 aromatic carbocycles. The van der Waals surface area contributed by atoms with Gasteiger partial charge in [0.05, 0.1) is 66.1 Å². The smallest absolute Gasteiger partial charge is 0.123 e. The van der Waals surface area contributed by atoms with Gasteiger partial charge < -0.3 is 43.4 Å². The molecule has 0 spiro atoms. The quantitative estimate of drug-likeness (QED) is 0.285. The molecule has 0 aromatic heterocycles. The molecule has 0 bridgehead atoms. The summed E-state index contributed by atoms with van der Waals surface area (Å²) in [5, 5.41) is 18.7. The molecule has 0 heterocycles. The standard InChI is InChI=1S/C24H34O9/c25-21-3-1-5-23(19-21)32-17-15-30-13-11-28-9-7-27-8-10-29-12-14-31-16-18-33-24-6-2-4-22(26)20-24/h1-6,19-20,25-26H,7-18H2. The predicted molar refractivity (Wildman–Crippen MR) is 121 cm³/mol. The van der Waals surface area contributed by atoms with E-state index in [2.05, 4.69) is 0 Å². The van der Waals surface area contributed by atoms with Crippen LogP contribution in [0.4, 0.5) is 0 Å². The molecule has 0 aliphatic heterocycles. The average Bonchev–Trinajstić information content (AvgIpc) is 2.80. The summed E-state index contributed by atoms with van der Waals surface area (Å²) in [5.41, 5.74) is 0. The van der Waals surface area contributed by atoms with Crippen LogP contribution in [0.2, 0.25) is 0 Å². The van der Waals surface area contributed by atoms with E-state index >= 15 is 0 Å². The third-order valence-corrected chi connectivity index (χ3v) is 4.12. The number of phenols is 2. The summed E-state index contributed by atoms with van der Waals surface area (Å²) in [5.74, 6) is 1.57. The van der Waals surface area contributed by atoms with Crippen LogP contribution in [0.3, 0.4) is 0 Å². The highest BCUT2D eigenvalue weighted by Crippen LogP contribution is 2.18. The summed E-state index contributed by atoms with van der Waals surface area (Å²) < 4.78 is 38.0. The highest BCUT2D eigenvalue weighted by Gasteiger charge is 1.97. The summed E-state index contributed by atoms with van der Waals surface area (Å²) in [7, 11) is 0.